The maximum Gasteiger partial charge on any atom is 0.434 e. The molecule has 0 aliphatic rings. The Hall–Kier alpha value is -7.19. The van der Waals surface area contributed by atoms with Gasteiger partial charge in [-0.1, -0.05) is 109 Å². The average molecular weight is 984 g/mol. The number of unbranched alkanes of at least 4 members (excludes halogenated alkanes) is 3. The van der Waals surface area contributed by atoms with Crippen LogP contribution in [-0.4, -0.2) is 84.6 Å². The van der Waals surface area contributed by atoms with Crippen molar-refractivity contribution in [2.24, 2.45) is 0 Å². The summed E-state index contributed by atoms with van der Waals surface area (Å²) in [6, 6.07) is 39.9. The topological polar surface area (TPSA) is 165 Å². The van der Waals surface area contributed by atoms with Crippen molar-refractivity contribution in [3.05, 3.63) is 166 Å². The highest BCUT2D eigenvalue weighted by molar-refractivity contribution is 5.98. The minimum atomic E-state index is -0.677. The monoisotopic (exact) mass is 984 g/mol. The fourth-order valence-corrected chi connectivity index (χ4v) is 7.57. The quantitative estimate of drug-likeness (QED) is 0.0312. The van der Waals surface area contributed by atoms with Gasteiger partial charge in [0.1, 0.15) is 25.4 Å². The molecule has 0 heterocycles. The highest BCUT2D eigenvalue weighted by Gasteiger charge is 2.24. The third-order valence-electron chi connectivity index (χ3n) is 11.7. The summed E-state index contributed by atoms with van der Waals surface area (Å²) in [5, 5.41) is 10.2. The number of para-hydroxylation sites is 1. The second kappa shape index (κ2) is 29.9. The van der Waals surface area contributed by atoms with Crippen LogP contribution in [0.4, 0.5) is 4.79 Å². The van der Waals surface area contributed by atoms with Gasteiger partial charge in [-0.2, -0.15) is 5.06 Å². The van der Waals surface area contributed by atoms with Gasteiger partial charge in [0.2, 0.25) is 11.8 Å². The summed E-state index contributed by atoms with van der Waals surface area (Å²) in [6.45, 7) is 12.3. The number of benzene rings is 5. The largest absolute Gasteiger partial charge is 0.485 e. The van der Waals surface area contributed by atoms with Crippen molar-refractivity contribution >= 4 is 29.7 Å². The van der Waals surface area contributed by atoms with Gasteiger partial charge in [-0.25, -0.2) is 4.79 Å². The smallest absolute Gasteiger partial charge is 0.434 e. The van der Waals surface area contributed by atoms with E-state index >= 15 is 0 Å². The van der Waals surface area contributed by atoms with Crippen molar-refractivity contribution in [3.63, 3.8) is 0 Å². The predicted octanol–water partition coefficient (Wildman–Crippen LogP) is 10.1. The van der Waals surface area contributed by atoms with Gasteiger partial charge in [-0.15, -0.1) is 0 Å². The van der Waals surface area contributed by atoms with Crippen LogP contribution in [0.5, 0.6) is 11.5 Å². The lowest BCUT2D eigenvalue weighted by molar-refractivity contribution is -0.156. The zero-order valence-electron chi connectivity index (χ0n) is 42.7. The molecule has 3 N–H and O–H groups in total. The molecule has 0 radical (unpaired) electrons. The standard InChI is InChI=1S/C58H73N5O9/c1-44-23-20-30-49(45(44)2)55(66)60-36-17-19-38-62(53(65)34-33-52(64)59-35-16-9-18-40-63(57(68)72-58(3,4)5)71-43-48-28-14-8-15-29-48)39-22-37-61-56(67)50-31-21-32-51(69-41-46-24-10-6-11-25-46)54(50)70-42-47-26-12-7-13-27-47/h6-8,10-15,20-21,23-32H,9,16-19,22,33-43H2,1-5H3,(H,59,64)(H,60,66)(H,61,67). The molecule has 14 heteroatoms. The molecular formula is C58H73N5O9. The minimum Gasteiger partial charge on any atom is -0.485 e. The third kappa shape index (κ3) is 19.9. The zero-order chi connectivity index (χ0) is 51.6. The van der Waals surface area contributed by atoms with Crippen LogP contribution in [0.3, 0.4) is 0 Å². The van der Waals surface area contributed by atoms with E-state index in [2.05, 4.69) is 16.0 Å². The Balaban J connectivity index is 1.12. The Morgan fingerprint density at radius 2 is 1.04 bits per heavy atom. The first kappa shape index (κ1) is 55.7. The molecule has 0 saturated carbocycles. The van der Waals surface area contributed by atoms with Crippen molar-refractivity contribution in [1.29, 1.82) is 0 Å². The summed E-state index contributed by atoms with van der Waals surface area (Å²) in [5.41, 5.74) is 5.12. The number of hydroxylamine groups is 2. The summed E-state index contributed by atoms with van der Waals surface area (Å²) in [6.07, 6.45) is 3.22. The summed E-state index contributed by atoms with van der Waals surface area (Å²) in [4.78, 5) is 73.9. The molecular weight excluding hydrogens is 911 g/mol. The fourth-order valence-electron chi connectivity index (χ4n) is 7.57. The van der Waals surface area contributed by atoms with Crippen LogP contribution in [0.1, 0.15) is 121 Å². The molecule has 5 amide bonds. The molecule has 0 aromatic heterocycles. The Labute approximate surface area is 425 Å². The van der Waals surface area contributed by atoms with Crippen LogP contribution in [0, 0.1) is 13.8 Å². The number of ether oxygens (including phenoxy) is 3. The number of rotatable bonds is 29. The van der Waals surface area contributed by atoms with Crippen molar-refractivity contribution in [3.8, 4) is 11.5 Å². The van der Waals surface area contributed by atoms with Gasteiger partial charge >= 0.3 is 6.09 Å². The highest BCUT2D eigenvalue weighted by Crippen LogP contribution is 2.33. The molecule has 0 fully saturated rings. The van der Waals surface area contributed by atoms with E-state index in [9.17, 15) is 24.0 Å². The summed E-state index contributed by atoms with van der Waals surface area (Å²) in [5.74, 6) is -0.0959. The minimum absolute atomic E-state index is 0.0169. The number of hydrogen-bond donors (Lipinski definition) is 3. The van der Waals surface area contributed by atoms with Crippen LogP contribution in [-0.2, 0) is 39.0 Å². The van der Waals surface area contributed by atoms with Crippen LogP contribution in [0.15, 0.2) is 127 Å². The van der Waals surface area contributed by atoms with Crippen LogP contribution >= 0.6 is 0 Å². The maximum atomic E-state index is 13.8. The molecule has 14 nitrogen and oxygen atoms in total. The van der Waals surface area contributed by atoms with Crippen LogP contribution < -0.4 is 25.4 Å². The molecule has 0 spiro atoms. The zero-order valence-corrected chi connectivity index (χ0v) is 42.7. The molecule has 0 unspecified atom stereocenters. The molecule has 5 rings (SSSR count). The lowest BCUT2D eigenvalue weighted by Gasteiger charge is -2.26. The number of amides is 5. The van der Waals surface area contributed by atoms with Gasteiger partial charge in [0.15, 0.2) is 11.5 Å². The SMILES string of the molecule is Cc1cccc(C(=O)NCCCCN(CCCNC(=O)c2cccc(OCc3ccccc3)c2OCc2ccccc2)C(=O)CCC(=O)NCCCCCN(OCc2ccccc2)C(=O)OC(C)(C)C)c1C. The second-order valence-electron chi connectivity index (χ2n) is 18.6. The molecule has 72 heavy (non-hydrogen) atoms. The number of aryl methyl sites for hydroxylation is 1. The Morgan fingerprint density at radius 1 is 0.514 bits per heavy atom. The first-order valence-corrected chi connectivity index (χ1v) is 25.1. The van der Waals surface area contributed by atoms with E-state index in [1.54, 1.807) is 43.9 Å². The molecule has 5 aromatic carbocycles. The van der Waals surface area contributed by atoms with Crippen LogP contribution in [0.25, 0.3) is 0 Å². The molecule has 0 saturated heterocycles. The molecule has 5 aromatic rings. The lowest BCUT2D eigenvalue weighted by atomic mass is 10.0. The second-order valence-corrected chi connectivity index (χ2v) is 18.6. The Bertz CT molecular complexity index is 2460. The predicted molar refractivity (Wildman–Crippen MR) is 279 cm³/mol. The molecule has 0 aliphatic heterocycles. The number of nitrogens with zero attached hydrogens (tertiary/aromatic N) is 2. The summed E-state index contributed by atoms with van der Waals surface area (Å²) < 4.78 is 18.0. The summed E-state index contributed by atoms with van der Waals surface area (Å²) in [7, 11) is 0. The van der Waals surface area contributed by atoms with E-state index in [1.165, 1.54) is 5.06 Å². The van der Waals surface area contributed by atoms with E-state index in [0.717, 1.165) is 34.2 Å². The molecule has 384 valence electrons. The Kier molecular flexibility index (Phi) is 23.1. The summed E-state index contributed by atoms with van der Waals surface area (Å²) >= 11 is 0. The number of carbonyl (C=O) groups is 5. The van der Waals surface area contributed by atoms with Gasteiger partial charge in [0.25, 0.3) is 11.8 Å². The highest BCUT2D eigenvalue weighted by atomic mass is 16.7. The first-order chi connectivity index (χ1) is 34.8. The van der Waals surface area contributed by atoms with E-state index < -0.39 is 11.7 Å². The number of nitrogens with one attached hydrogen (secondary N) is 3. The number of carbonyl (C=O) groups excluding carboxylic acids is 5. The first-order valence-electron chi connectivity index (χ1n) is 25.1. The lowest BCUT2D eigenvalue weighted by Crippen LogP contribution is -2.37. The molecule has 0 aliphatic carbocycles. The molecule has 0 bridgehead atoms. The van der Waals surface area contributed by atoms with Crippen LogP contribution in [0.2, 0.25) is 0 Å². The fraction of sp³-hybridized carbons (Fsp3) is 0.397. The van der Waals surface area contributed by atoms with E-state index in [-0.39, 0.29) is 56.2 Å². The Morgan fingerprint density at radius 3 is 1.69 bits per heavy atom. The number of hydrogen-bond acceptors (Lipinski definition) is 9. The van der Waals surface area contributed by atoms with Gasteiger partial charge < -0.3 is 35.1 Å². The molecule has 0 atom stereocenters. The van der Waals surface area contributed by atoms with Gasteiger partial charge in [-0.3, -0.25) is 24.0 Å². The maximum absolute atomic E-state index is 13.8. The van der Waals surface area contributed by atoms with Crippen molar-refractivity contribution in [1.82, 2.24) is 25.9 Å². The van der Waals surface area contributed by atoms with E-state index in [0.29, 0.717) is 94.1 Å². The van der Waals surface area contributed by atoms with Crippen molar-refractivity contribution in [2.45, 2.75) is 111 Å². The van der Waals surface area contributed by atoms with Gasteiger partial charge in [0.05, 0.1) is 12.1 Å². The van der Waals surface area contributed by atoms with Crippen molar-refractivity contribution in [2.75, 3.05) is 39.3 Å². The van der Waals surface area contributed by atoms with E-state index in [1.807, 2.05) is 123 Å². The van der Waals surface area contributed by atoms with E-state index in [4.69, 9.17) is 19.0 Å². The average Bonchev–Trinajstić information content (AvgIpc) is 3.37. The van der Waals surface area contributed by atoms with Gasteiger partial charge in [-0.05, 0) is 119 Å². The van der Waals surface area contributed by atoms with Crippen molar-refractivity contribution < 1.29 is 43.0 Å². The third-order valence-corrected chi connectivity index (χ3v) is 11.7. The van der Waals surface area contributed by atoms with Gasteiger partial charge in [0, 0.05) is 51.1 Å². The normalized spacial score (nSPS) is 11.0.